The fourth-order valence-corrected chi connectivity index (χ4v) is 4.22. The smallest absolute Gasteiger partial charge is 0.330 e. The Morgan fingerprint density at radius 2 is 1.81 bits per heavy atom. The largest absolute Gasteiger partial charge is 0.479 e. The number of amides is 2. The molecule has 0 spiro atoms. The summed E-state index contributed by atoms with van der Waals surface area (Å²) >= 11 is 0. The lowest BCUT2D eigenvalue weighted by Gasteiger charge is -2.58. The lowest BCUT2D eigenvalue weighted by Crippen LogP contribution is -2.76. The van der Waals surface area contributed by atoms with Crippen molar-refractivity contribution in [1.29, 1.82) is 0 Å². The Hall–Kier alpha value is -1.63. The van der Waals surface area contributed by atoms with Crippen molar-refractivity contribution in [2.45, 2.75) is 77.4 Å². The van der Waals surface area contributed by atoms with Gasteiger partial charge in [0.25, 0.3) is 0 Å². The average molecular weight is 368 g/mol. The quantitative estimate of drug-likeness (QED) is 0.576. The monoisotopic (exact) mass is 368 g/mol. The maximum absolute atomic E-state index is 12.2. The molecule has 7 heteroatoms. The standard InChI is InChI=1S/C19H32N2O5/c1-4-26-14-11-19(17(24)25,18(14,2)3)21-16(23)12-20-15(22)10-9-13-7-5-6-8-13/h13-14H,4-12H2,1-3H3,(H,20,22)(H,21,23)(H,24,25). The average Bonchev–Trinajstić information content (AvgIpc) is 3.10. The van der Waals surface area contributed by atoms with E-state index in [-0.39, 0.29) is 25.0 Å². The zero-order valence-corrected chi connectivity index (χ0v) is 16.1. The molecular formula is C19H32N2O5. The van der Waals surface area contributed by atoms with E-state index in [1.807, 2.05) is 6.92 Å². The van der Waals surface area contributed by atoms with Gasteiger partial charge in [0.05, 0.1) is 12.6 Å². The van der Waals surface area contributed by atoms with Crippen LogP contribution in [0.4, 0.5) is 0 Å². The van der Waals surface area contributed by atoms with Crippen LogP contribution < -0.4 is 10.6 Å². The fraction of sp³-hybridized carbons (Fsp3) is 0.842. The first kappa shape index (κ1) is 20.7. The van der Waals surface area contributed by atoms with Crippen LogP contribution in [0.1, 0.15) is 65.7 Å². The Morgan fingerprint density at radius 1 is 1.15 bits per heavy atom. The van der Waals surface area contributed by atoms with Crippen molar-refractivity contribution in [3.8, 4) is 0 Å². The molecule has 2 atom stereocenters. The van der Waals surface area contributed by atoms with Gasteiger partial charge in [-0.1, -0.05) is 39.5 Å². The van der Waals surface area contributed by atoms with Gasteiger partial charge >= 0.3 is 5.97 Å². The molecule has 2 amide bonds. The summed E-state index contributed by atoms with van der Waals surface area (Å²) in [5.74, 6) is -1.09. The number of hydrogen-bond acceptors (Lipinski definition) is 4. The van der Waals surface area contributed by atoms with Gasteiger partial charge in [0, 0.05) is 24.9 Å². The molecular weight excluding hydrogens is 336 g/mol. The number of ether oxygens (including phenoxy) is 1. The van der Waals surface area contributed by atoms with Gasteiger partial charge in [-0.05, 0) is 19.3 Å². The molecule has 2 saturated carbocycles. The van der Waals surface area contributed by atoms with Crippen LogP contribution in [0.15, 0.2) is 0 Å². The van der Waals surface area contributed by atoms with Gasteiger partial charge < -0.3 is 20.5 Å². The van der Waals surface area contributed by atoms with E-state index in [0.717, 1.165) is 6.42 Å². The predicted octanol–water partition coefficient (Wildman–Crippen LogP) is 1.85. The van der Waals surface area contributed by atoms with E-state index in [1.165, 1.54) is 25.7 Å². The van der Waals surface area contributed by atoms with Gasteiger partial charge in [-0.25, -0.2) is 4.79 Å². The van der Waals surface area contributed by atoms with Crippen molar-refractivity contribution in [2.75, 3.05) is 13.2 Å². The maximum Gasteiger partial charge on any atom is 0.330 e. The molecule has 148 valence electrons. The topological polar surface area (TPSA) is 105 Å². The highest BCUT2D eigenvalue weighted by molar-refractivity contribution is 5.91. The molecule has 0 bridgehead atoms. The van der Waals surface area contributed by atoms with Crippen molar-refractivity contribution in [3.63, 3.8) is 0 Å². The molecule has 2 aliphatic carbocycles. The third kappa shape index (κ3) is 4.19. The van der Waals surface area contributed by atoms with Gasteiger partial charge in [0.1, 0.15) is 5.54 Å². The molecule has 3 N–H and O–H groups in total. The molecule has 26 heavy (non-hydrogen) atoms. The minimum absolute atomic E-state index is 0.156. The van der Waals surface area contributed by atoms with Crippen molar-refractivity contribution < 1.29 is 24.2 Å². The highest BCUT2D eigenvalue weighted by Crippen LogP contribution is 2.51. The molecule has 0 aromatic carbocycles. The van der Waals surface area contributed by atoms with Crippen LogP contribution in [0.3, 0.4) is 0 Å². The Morgan fingerprint density at radius 3 is 2.35 bits per heavy atom. The molecule has 0 aromatic heterocycles. The lowest BCUT2D eigenvalue weighted by atomic mass is 9.54. The molecule has 2 rings (SSSR count). The lowest BCUT2D eigenvalue weighted by molar-refractivity contribution is -0.194. The molecule has 7 nitrogen and oxygen atoms in total. The van der Waals surface area contributed by atoms with Gasteiger partial charge in [0.15, 0.2) is 0 Å². The number of rotatable bonds is 9. The zero-order chi connectivity index (χ0) is 19.4. The summed E-state index contributed by atoms with van der Waals surface area (Å²) in [5, 5.41) is 14.9. The second-order valence-electron chi connectivity index (χ2n) is 8.09. The van der Waals surface area contributed by atoms with Gasteiger partial charge in [0.2, 0.25) is 11.8 Å². The summed E-state index contributed by atoms with van der Waals surface area (Å²) in [6.45, 7) is 5.72. The number of carbonyl (C=O) groups excluding carboxylic acids is 2. The van der Waals surface area contributed by atoms with Crippen LogP contribution in [0.2, 0.25) is 0 Å². The van der Waals surface area contributed by atoms with Crippen LogP contribution in [-0.4, -0.2) is 47.7 Å². The van der Waals surface area contributed by atoms with Crippen molar-refractivity contribution in [2.24, 2.45) is 11.3 Å². The van der Waals surface area contributed by atoms with Crippen molar-refractivity contribution in [3.05, 3.63) is 0 Å². The van der Waals surface area contributed by atoms with E-state index in [1.54, 1.807) is 13.8 Å². The number of carboxylic acids is 1. The third-order valence-electron chi connectivity index (χ3n) is 6.18. The zero-order valence-electron chi connectivity index (χ0n) is 16.1. The second kappa shape index (κ2) is 8.37. The first-order chi connectivity index (χ1) is 12.2. The SMILES string of the molecule is CCOC1CC(NC(=O)CNC(=O)CCC2CCCC2)(C(=O)O)C1(C)C. The van der Waals surface area contributed by atoms with Crippen LogP contribution in [0.25, 0.3) is 0 Å². The number of hydrogen-bond donors (Lipinski definition) is 3. The Bertz CT molecular complexity index is 542. The van der Waals surface area contributed by atoms with E-state index < -0.39 is 22.8 Å². The van der Waals surface area contributed by atoms with Gasteiger partial charge in [-0.3, -0.25) is 9.59 Å². The number of nitrogens with one attached hydrogen (secondary N) is 2. The normalized spacial score (nSPS) is 27.6. The molecule has 2 fully saturated rings. The summed E-state index contributed by atoms with van der Waals surface area (Å²) in [7, 11) is 0. The first-order valence-corrected chi connectivity index (χ1v) is 9.65. The summed E-state index contributed by atoms with van der Waals surface area (Å²) in [5.41, 5.74) is -2.09. The van der Waals surface area contributed by atoms with E-state index in [4.69, 9.17) is 4.74 Å². The van der Waals surface area contributed by atoms with Crippen LogP contribution in [0.5, 0.6) is 0 Å². The minimum atomic E-state index is -1.36. The minimum Gasteiger partial charge on any atom is -0.479 e. The molecule has 0 aromatic rings. The molecule has 2 unspecified atom stereocenters. The number of carbonyl (C=O) groups is 3. The Balaban J connectivity index is 1.81. The summed E-state index contributed by atoms with van der Waals surface area (Å²) in [6.07, 6.45) is 6.13. The van der Waals surface area contributed by atoms with Crippen molar-refractivity contribution in [1.82, 2.24) is 10.6 Å². The van der Waals surface area contributed by atoms with Crippen LogP contribution >= 0.6 is 0 Å². The van der Waals surface area contributed by atoms with E-state index in [0.29, 0.717) is 18.9 Å². The maximum atomic E-state index is 12.2. The highest BCUT2D eigenvalue weighted by atomic mass is 16.5. The van der Waals surface area contributed by atoms with E-state index in [9.17, 15) is 19.5 Å². The van der Waals surface area contributed by atoms with E-state index >= 15 is 0 Å². The highest BCUT2D eigenvalue weighted by Gasteiger charge is 2.66. The van der Waals surface area contributed by atoms with Crippen molar-refractivity contribution >= 4 is 17.8 Å². The third-order valence-corrected chi connectivity index (χ3v) is 6.18. The van der Waals surface area contributed by atoms with Gasteiger partial charge in [-0.15, -0.1) is 0 Å². The van der Waals surface area contributed by atoms with Gasteiger partial charge in [-0.2, -0.15) is 0 Å². The molecule has 0 heterocycles. The molecule has 0 aliphatic heterocycles. The fourth-order valence-electron chi connectivity index (χ4n) is 4.22. The van der Waals surface area contributed by atoms with Crippen LogP contribution in [-0.2, 0) is 19.1 Å². The second-order valence-corrected chi connectivity index (χ2v) is 8.09. The molecule has 2 aliphatic rings. The summed E-state index contributed by atoms with van der Waals surface area (Å²) in [6, 6.07) is 0. The first-order valence-electron chi connectivity index (χ1n) is 9.65. The molecule has 0 radical (unpaired) electrons. The van der Waals surface area contributed by atoms with Crippen LogP contribution in [0, 0.1) is 11.3 Å². The Labute approximate surface area is 155 Å². The van der Waals surface area contributed by atoms with E-state index in [2.05, 4.69) is 10.6 Å². The predicted molar refractivity (Wildman–Crippen MR) is 96.5 cm³/mol. The Kier molecular flexibility index (Phi) is 6.66. The summed E-state index contributed by atoms with van der Waals surface area (Å²) in [4.78, 5) is 36.0. The number of aliphatic carboxylic acids is 1. The molecule has 0 saturated heterocycles. The summed E-state index contributed by atoms with van der Waals surface area (Å²) < 4.78 is 5.57. The number of carboxylic acid groups (broad SMARTS) is 1.